The summed E-state index contributed by atoms with van der Waals surface area (Å²) in [6.07, 6.45) is 14.4. The normalized spacial score (nSPS) is 16.8. The van der Waals surface area contributed by atoms with Gasteiger partial charge in [-0.1, -0.05) is 72.7 Å². The Kier molecular flexibility index (Phi) is 22.2. The number of hydrogen-bond acceptors (Lipinski definition) is 7. The van der Waals surface area contributed by atoms with Crippen LogP contribution < -0.4 is 18.9 Å². The average Bonchev–Trinajstić information content (AvgIpc) is 3.86. The molecule has 2 aromatic carbocycles. The standard InChI is InChI=1S/C23H25NO4.C7H17NO.C5H8.2C2H6/c1-2-10-24-13-18(17-7-9-20-22(12-17)27-14-25-20)11-19(24)8-6-16-4-3-5-21-23(16)28-15-26-21;1-4-6-8(3)9-7-5-2;1-3-5-4-2;2*1-2/h2-5,7,9,12,18-19H,1,6,8,10-11,13-15H2;4-7H2,1-3H3;1H,4-5H2,2H3;2*1-2H3. The third-order valence-electron chi connectivity index (χ3n) is 7.43. The van der Waals surface area contributed by atoms with Gasteiger partial charge in [-0.2, -0.15) is 5.06 Å². The molecule has 258 valence electrons. The summed E-state index contributed by atoms with van der Waals surface area (Å²) in [5.41, 5.74) is 2.57. The Morgan fingerprint density at radius 1 is 0.957 bits per heavy atom. The lowest BCUT2D eigenvalue weighted by Crippen LogP contribution is -2.30. The van der Waals surface area contributed by atoms with Gasteiger partial charge in [0.2, 0.25) is 13.6 Å². The fraction of sp³-hybridized carbons (Fsp3) is 0.590. The van der Waals surface area contributed by atoms with Gasteiger partial charge in [-0.3, -0.25) is 9.74 Å². The molecule has 0 N–H and O–H groups in total. The summed E-state index contributed by atoms with van der Waals surface area (Å²) in [6.45, 7) is 22.8. The molecule has 1 saturated heterocycles. The predicted molar refractivity (Wildman–Crippen MR) is 192 cm³/mol. The number of benzene rings is 2. The maximum atomic E-state index is 5.67. The van der Waals surface area contributed by atoms with E-state index in [1.807, 2.05) is 58.0 Å². The number of rotatable bonds is 12. The number of aryl methyl sites for hydroxylation is 1. The number of unbranched alkanes of at least 4 members (excludes halogenated alkanes) is 1. The second kappa shape index (κ2) is 25.0. The highest BCUT2D eigenvalue weighted by molar-refractivity contribution is 5.48. The van der Waals surface area contributed by atoms with E-state index in [0.29, 0.717) is 25.5 Å². The molecule has 0 aliphatic carbocycles. The number of para-hydroxylation sites is 1. The van der Waals surface area contributed by atoms with Crippen LogP contribution in [-0.4, -0.2) is 62.9 Å². The monoisotopic (exact) mass is 638 g/mol. The predicted octanol–water partition coefficient (Wildman–Crippen LogP) is 9.26. The number of terminal acetylenes is 1. The Bertz CT molecular complexity index is 1130. The Morgan fingerprint density at radius 3 is 2.33 bits per heavy atom. The molecule has 0 aromatic heterocycles. The van der Waals surface area contributed by atoms with Gasteiger partial charge in [0.05, 0.1) is 6.61 Å². The number of hydrogen-bond donors (Lipinski definition) is 0. The van der Waals surface area contributed by atoms with E-state index in [1.54, 1.807) is 0 Å². The largest absolute Gasteiger partial charge is 0.454 e. The molecule has 3 aliphatic rings. The van der Waals surface area contributed by atoms with Crippen LogP contribution in [0, 0.1) is 12.3 Å². The average molecular weight is 639 g/mol. The van der Waals surface area contributed by atoms with Crippen LogP contribution in [0.1, 0.15) is 104 Å². The number of likely N-dealkylation sites (tertiary alicyclic amines) is 1. The van der Waals surface area contributed by atoms with Crippen molar-refractivity contribution >= 4 is 0 Å². The molecule has 0 amide bonds. The van der Waals surface area contributed by atoms with Gasteiger partial charge >= 0.3 is 0 Å². The second-order valence-corrected chi connectivity index (χ2v) is 10.8. The van der Waals surface area contributed by atoms with Gasteiger partial charge in [-0.05, 0) is 73.8 Å². The molecule has 0 spiro atoms. The molecular formula is C39H62N2O5. The number of nitrogens with zero attached hydrogens (tertiary/aromatic N) is 2. The molecule has 1 fully saturated rings. The number of ether oxygens (including phenoxy) is 4. The Labute approximate surface area is 281 Å². The minimum absolute atomic E-state index is 0.321. The van der Waals surface area contributed by atoms with Gasteiger partial charge in [-0.25, -0.2) is 0 Å². The highest BCUT2D eigenvalue weighted by atomic mass is 16.7. The summed E-state index contributed by atoms with van der Waals surface area (Å²) in [5, 5.41) is 1.89. The highest BCUT2D eigenvalue weighted by Crippen LogP contribution is 2.40. The minimum atomic E-state index is 0.321. The molecule has 3 heterocycles. The lowest BCUT2D eigenvalue weighted by Gasteiger charge is -2.23. The van der Waals surface area contributed by atoms with Crippen molar-refractivity contribution in [2.24, 2.45) is 0 Å². The van der Waals surface area contributed by atoms with E-state index in [1.165, 1.54) is 11.1 Å². The van der Waals surface area contributed by atoms with Crippen LogP contribution in [0.5, 0.6) is 23.0 Å². The molecular weight excluding hydrogens is 576 g/mol. The molecule has 2 unspecified atom stereocenters. The van der Waals surface area contributed by atoms with Crippen molar-refractivity contribution in [1.29, 1.82) is 0 Å². The number of fused-ring (bicyclic) bond motifs is 2. The molecule has 46 heavy (non-hydrogen) atoms. The molecule has 7 heteroatoms. The van der Waals surface area contributed by atoms with Crippen molar-refractivity contribution in [2.45, 2.75) is 105 Å². The van der Waals surface area contributed by atoms with Crippen LogP contribution in [0.2, 0.25) is 0 Å². The summed E-state index contributed by atoms with van der Waals surface area (Å²) in [5.74, 6) is 6.52. The Morgan fingerprint density at radius 2 is 1.67 bits per heavy atom. The van der Waals surface area contributed by atoms with E-state index in [-0.39, 0.29) is 0 Å². The van der Waals surface area contributed by atoms with Crippen LogP contribution >= 0.6 is 0 Å². The Hall–Kier alpha value is -3.18. The van der Waals surface area contributed by atoms with Crippen molar-refractivity contribution in [3.05, 3.63) is 60.2 Å². The smallest absolute Gasteiger partial charge is 0.231 e. The SMILES string of the molecule is C#CCCC.C=CCN1CC(c2ccc3c(c2)OCO3)CC1CCc1cccc2c1OCO2.CC.CC.CCCON(C)CCC. The molecule has 3 aliphatic heterocycles. The lowest BCUT2D eigenvalue weighted by molar-refractivity contribution is -0.139. The van der Waals surface area contributed by atoms with Gasteiger partial charge in [0.15, 0.2) is 23.0 Å². The van der Waals surface area contributed by atoms with Crippen molar-refractivity contribution in [1.82, 2.24) is 9.96 Å². The summed E-state index contributed by atoms with van der Waals surface area (Å²) in [4.78, 5) is 7.81. The Balaban J connectivity index is 0.000000492. The maximum absolute atomic E-state index is 5.67. The van der Waals surface area contributed by atoms with E-state index in [9.17, 15) is 0 Å². The third-order valence-corrected chi connectivity index (χ3v) is 7.43. The van der Waals surface area contributed by atoms with Crippen molar-refractivity contribution in [3.63, 3.8) is 0 Å². The van der Waals surface area contributed by atoms with Gasteiger partial charge in [-0.15, -0.1) is 18.9 Å². The zero-order valence-electron chi connectivity index (χ0n) is 30.1. The van der Waals surface area contributed by atoms with Gasteiger partial charge in [0.25, 0.3) is 0 Å². The van der Waals surface area contributed by atoms with Crippen LogP contribution in [-0.2, 0) is 11.3 Å². The van der Waals surface area contributed by atoms with E-state index in [0.717, 1.165) is 94.2 Å². The topological polar surface area (TPSA) is 52.6 Å². The molecule has 0 saturated carbocycles. The van der Waals surface area contributed by atoms with E-state index >= 15 is 0 Å². The van der Waals surface area contributed by atoms with E-state index < -0.39 is 0 Å². The first-order valence-corrected chi connectivity index (χ1v) is 17.4. The summed E-state index contributed by atoms with van der Waals surface area (Å²) >= 11 is 0. The van der Waals surface area contributed by atoms with Crippen molar-refractivity contribution in [2.75, 3.05) is 46.9 Å². The first kappa shape index (κ1) is 40.8. The van der Waals surface area contributed by atoms with Crippen LogP contribution in [0.3, 0.4) is 0 Å². The third kappa shape index (κ3) is 13.7. The summed E-state index contributed by atoms with van der Waals surface area (Å²) < 4.78 is 22.2. The van der Waals surface area contributed by atoms with E-state index in [2.05, 4.69) is 62.4 Å². The highest BCUT2D eigenvalue weighted by Gasteiger charge is 2.33. The molecule has 7 nitrogen and oxygen atoms in total. The zero-order chi connectivity index (χ0) is 34.2. The summed E-state index contributed by atoms with van der Waals surface area (Å²) in [6, 6.07) is 13.1. The molecule has 2 aromatic rings. The fourth-order valence-electron chi connectivity index (χ4n) is 5.36. The zero-order valence-corrected chi connectivity index (χ0v) is 30.1. The molecule has 5 rings (SSSR count). The van der Waals surface area contributed by atoms with Crippen LogP contribution in [0.15, 0.2) is 49.1 Å². The molecule has 0 radical (unpaired) electrons. The van der Waals surface area contributed by atoms with E-state index in [4.69, 9.17) is 30.2 Å². The quantitative estimate of drug-likeness (QED) is 0.130. The van der Waals surface area contributed by atoms with Crippen LogP contribution in [0.25, 0.3) is 0 Å². The fourth-order valence-corrected chi connectivity index (χ4v) is 5.36. The van der Waals surface area contributed by atoms with Crippen molar-refractivity contribution < 1.29 is 23.8 Å². The second-order valence-electron chi connectivity index (χ2n) is 10.8. The lowest BCUT2D eigenvalue weighted by atomic mass is 9.94. The first-order chi connectivity index (χ1) is 22.5. The number of hydroxylamine groups is 2. The van der Waals surface area contributed by atoms with Gasteiger partial charge in [0.1, 0.15) is 0 Å². The van der Waals surface area contributed by atoms with Crippen LogP contribution in [0.4, 0.5) is 0 Å². The summed E-state index contributed by atoms with van der Waals surface area (Å²) in [7, 11) is 1.97. The van der Waals surface area contributed by atoms with Gasteiger partial charge in [0, 0.05) is 39.1 Å². The maximum Gasteiger partial charge on any atom is 0.231 e. The first-order valence-electron chi connectivity index (χ1n) is 17.4. The van der Waals surface area contributed by atoms with Crippen molar-refractivity contribution in [3.8, 4) is 35.3 Å². The molecule has 2 atom stereocenters. The van der Waals surface area contributed by atoms with Gasteiger partial charge < -0.3 is 18.9 Å². The molecule has 0 bridgehead atoms. The minimum Gasteiger partial charge on any atom is -0.454 e.